The van der Waals surface area contributed by atoms with E-state index in [1.165, 1.54) is 0 Å². The zero-order chi connectivity index (χ0) is 10.7. The summed E-state index contributed by atoms with van der Waals surface area (Å²) < 4.78 is 0. The Bertz CT molecular complexity index is 198. The third-order valence-corrected chi connectivity index (χ3v) is 2.97. The second kappa shape index (κ2) is 4.64. The van der Waals surface area contributed by atoms with Gasteiger partial charge in [0.15, 0.2) is 0 Å². The van der Waals surface area contributed by atoms with Crippen LogP contribution in [0.4, 0.5) is 4.79 Å². The highest BCUT2D eigenvalue weighted by Gasteiger charge is 2.25. The number of carbonyl (C=O) groups excluding carboxylic acids is 1. The molecule has 0 unspecified atom stereocenters. The topological polar surface area (TPSA) is 49.6 Å². The molecule has 0 aliphatic heterocycles. The highest BCUT2D eigenvalue weighted by Crippen LogP contribution is 2.21. The minimum Gasteiger partial charge on any atom is -0.331 e. The smallest absolute Gasteiger partial charge is 0.319 e. The molecule has 0 spiro atoms. The molecule has 2 N–H and O–H groups in total. The summed E-state index contributed by atoms with van der Waals surface area (Å²) in [6, 6.07) is 0.810. The maximum atomic E-state index is 11.6. The Kier molecular flexibility index (Phi) is 3.75. The first kappa shape index (κ1) is 11.3. The third-order valence-electron chi connectivity index (χ3n) is 2.97. The standard InChI is InChI=1S/C10H21N3O/c1-12(2)10(14)13(3)9-6-4-8(11)5-7-9/h8-9H,4-7,11H2,1-3H3. The van der Waals surface area contributed by atoms with E-state index in [9.17, 15) is 4.79 Å². The van der Waals surface area contributed by atoms with Crippen LogP contribution in [-0.2, 0) is 0 Å². The molecule has 4 heteroatoms. The highest BCUT2D eigenvalue weighted by atomic mass is 16.2. The van der Waals surface area contributed by atoms with Gasteiger partial charge in [0.05, 0.1) is 0 Å². The average molecular weight is 199 g/mol. The van der Waals surface area contributed by atoms with E-state index in [0.29, 0.717) is 12.1 Å². The van der Waals surface area contributed by atoms with E-state index >= 15 is 0 Å². The molecule has 1 aliphatic carbocycles. The minimum atomic E-state index is 0.0884. The molecule has 1 fully saturated rings. The SMILES string of the molecule is CN(C)C(=O)N(C)C1CCC(N)CC1. The largest absolute Gasteiger partial charge is 0.331 e. The summed E-state index contributed by atoms with van der Waals surface area (Å²) in [7, 11) is 5.45. The quantitative estimate of drug-likeness (QED) is 0.681. The number of urea groups is 1. The van der Waals surface area contributed by atoms with Gasteiger partial charge in [0, 0.05) is 33.2 Å². The lowest BCUT2D eigenvalue weighted by atomic mass is 9.91. The van der Waals surface area contributed by atoms with Gasteiger partial charge < -0.3 is 15.5 Å². The van der Waals surface area contributed by atoms with Crippen LogP contribution in [-0.4, -0.2) is 49.1 Å². The van der Waals surface area contributed by atoms with E-state index in [1.807, 2.05) is 11.9 Å². The van der Waals surface area contributed by atoms with Crippen LogP contribution in [0.3, 0.4) is 0 Å². The predicted octanol–water partition coefficient (Wildman–Crippen LogP) is 0.870. The molecule has 0 heterocycles. The average Bonchev–Trinajstić information content (AvgIpc) is 2.16. The zero-order valence-corrected chi connectivity index (χ0v) is 9.36. The second-order valence-electron chi connectivity index (χ2n) is 4.36. The molecule has 2 amide bonds. The number of carbonyl (C=O) groups is 1. The monoisotopic (exact) mass is 199 g/mol. The van der Waals surface area contributed by atoms with Crippen molar-refractivity contribution in [3.05, 3.63) is 0 Å². The molecular formula is C10H21N3O. The van der Waals surface area contributed by atoms with Crippen LogP contribution in [0.15, 0.2) is 0 Å². The van der Waals surface area contributed by atoms with E-state index in [1.54, 1.807) is 19.0 Å². The van der Waals surface area contributed by atoms with Crippen molar-refractivity contribution >= 4 is 6.03 Å². The van der Waals surface area contributed by atoms with Crippen LogP contribution in [0.25, 0.3) is 0 Å². The molecule has 1 aliphatic rings. The van der Waals surface area contributed by atoms with Crippen molar-refractivity contribution in [3.63, 3.8) is 0 Å². The molecule has 0 atom stereocenters. The van der Waals surface area contributed by atoms with Crippen LogP contribution >= 0.6 is 0 Å². The summed E-state index contributed by atoms with van der Waals surface area (Å²) in [4.78, 5) is 15.1. The minimum absolute atomic E-state index is 0.0884. The Morgan fingerprint density at radius 2 is 1.64 bits per heavy atom. The van der Waals surface area contributed by atoms with Gasteiger partial charge in [0.25, 0.3) is 0 Å². The van der Waals surface area contributed by atoms with Crippen molar-refractivity contribution in [1.29, 1.82) is 0 Å². The fourth-order valence-electron chi connectivity index (χ4n) is 1.96. The van der Waals surface area contributed by atoms with E-state index in [4.69, 9.17) is 5.73 Å². The van der Waals surface area contributed by atoms with Crippen LogP contribution in [0, 0.1) is 0 Å². The van der Waals surface area contributed by atoms with Crippen LogP contribution in [0.2, 0.25) is 0 Å². The molecule has 0 aromatic heterocycles. The predicted molar refractivity (Wildman–Crippen MR) is 57.1 cm³/mol. The number of hydrogen-bond acceptors (Lipinski definition) is 2. The lowest BCUT2D eigenvalue weighted by Gasteiger charge is -2.34. The molecule has 1 saturated carbocycles. The number of rotatable bonds is 1. The van der Waals surface area contributed by atoms with Gasteiger partial charge in [-0.25, -0.2) is 4.79 Å². The van der Waals surface area contributed by atoms with E-state index < -0.39 is 0 Å². The number of nitrogens with zero attached hydrogens (tertiary/aromatic N) is 2. The molecular weight excluding hydrogens is 178 g/mol. The van der Waals surface area contributed by atoms with Crippen LogP contribution < -0.4 is 5.73 Å². The van der Waals surface area contributed by atoms with Crippen molar-refractivity contribution in [2.75, 3.05) is 21.1 Å². The van der Waals surface area contributed by atoms with Gasteiger partial charge in [0.2, 0.25) is 0 Å². The zero-order valence-electron chi connectivity index (χ0n) is 9.36. The fraction of sp³-hybridized carbons (Fsp3) is 0.900. The summed E-state index contributed by atoms with van der Waals surface area (Å²) in [5, 5.41) is 0. The van der Waals surface area contributed by atoms with Crippen molar-refractivity contribution in [2.45, 2.75) is 37.8 Å². The van der Waals surface area contributed by atoms with Crippen LogP contribution in [0.1, 0.15) is 25.7 Å². The first-order valence-electron chi connectivity index (χ1n) is 5.22. The lowest BCUT2D eigenvalue weighted by molar-refractivity contribution is 0.147. The highest BCUT2D eigenvalue weighted by molar-refractivity contribution is 5.73. The molecule has 0 radical (unpaired) electrons. The van der Waals surface area contributed by atoms with E-state index in [0.717, 1.165) is 25.7 Å². The molecule has 0 saturated heterocycles. The van der Waals surface area contributed by atoms with Crippen molar-refractivity contribution in [1.82, 2.24) is 9.80 Å². The Morgan fingerprint density at radius 3 is 2.07 bits per heavy atom. The van der Waals surface area contributed by atoms with Gasteiger partial charge in [-0.15, -0.1) is 0 Å². The maximum absolute atomic E-state index is 11.6. The van der Waals surface area contributed by atoms with Crippen molar-refractivity contribution in [3.8, 4) is 0 Å². The molecule has 0 aromatic carbocycles. The lowest BCUT2D eigenvalue weighted by Crippen LogP contribution is -2.45. The Labute approximate surface area is 86.0 Å². The first-order chi connectivity index (χ1) is 6.52. The van der Waals surface area contributed by atoms with Gasteiger partial charge in [0.1, 0.15) is 0 Å². The van der Waals surface area contributed by atoms with Gasteiger partial charge in [-0.2, -0.15) is 0 Å². The Balaban J connectivity index is 2.45. The maximum Gasteiger partial charge on any atom is 0.319 e. The number of hydrogen-bond donors (Lipinski definition) is 1. The van der Waals surface area contributed by atoms with Crippen molar-refractivity contribution in [2.24, 2.45) is 5.73 Å². The molecule has 14 heavy (non-hydrogen) atoms. The number of nitrogens with two attached hydrogens (primary N) is 1. The van der Waals surface area contributed by atoms with Crippen molar-refractivity contribution < 1.29 is 4.79 Å². The first-order valence-corrected chi connectivity index (χ1v) is 5.22. The van der Waals surface area contributed by atoms with Gasteiger partial charge in [-0.05, 0) is 25.7 Å². The summed E-state index contributed by atoms with van der Waals surface area (Å²) >= 11 is 0. The fourth-order valence-corrected chi connectivity index (χ4v) is 1.96. The molecule has 82 valence electrons. The summed E-state index contributed by atoms with van der Waals surface area (Å²) in [5.41, 5.74) is 5.82. The summed E-state index contributed by atoms with van der Waals surface area (Å²) in [6.07, 6.45) is 4.15. The second-order valence-corrected chi connectivity index (χ2v) is 4.36. The Morgan fingerprint density at radius 1 is 1.14 bits per heavy atom. The molecule has 1 rings (SSSR count). The van der Waals surface area contributed by atoms with Gasteiger partial charge in [-0.1, -0.05) is 0 Å². The number of amides is 2. The third kappa shape index (κ3) is 2.61. The molecule has 0 bridgehead atoms. The van der Waals surface area contributed by atoms with E-state index in [2.05, 4.69) is 0 Å². The molecule has 0 aromatic rings. The van der Waals surface area contributed by atoms with Gasteiger partial charge >= 0.3 is 6.03 Å². The Hall–Kier alpha value is -0.770. The summed E-state index contributed by atoms with van der Waals surface area (Å²) in [5.74, 6) is 0. The normalized spacial score (nSPS) is 27.1. The van der Waals surface area contributed by atoms with E-state index in [-0.39, 0.29) is 6.03 Å². The molecule has 4 nitrogen and oxygen atoms in total. The van der Waals surface area contributed by atoms with Crippen LogP contribution in [0.5, 0.6) is 0 Å². The summed E-state index contributed by atoms with van der Waals surface area (Å²) in [6.45, 7) is 0. The van der Waals surface area contributed by atoms with Gasteiger partial charge in [-0.3, -0.25) is 0 Å².